The van der Waals surface area contributed by atoms with Crippen LogP contribution < -0.4 is 0 Å². The van der Waals surface area contributed by atoms with Gasteiger partial charge in [-0.1, -0.05) is 59.8 Å². The van der Waals surface area contributed by atoms with Gasteiger partial charge in [-0.15, -0.1) is 19.7 Å². The lowest BCUT2D eigenvalue weighted by Crippen LogP contribution is -1.99. The zero-order chi connectivity index (χ0) is 12.6. The zero-order valence-electron chi connectivity index (χ0n) is 11.4. The molecule has 0 aliphatic carbocycles. The fourth-order valence-electron chi connectivity index (χ4n) is 0.0833. The number of rotatable bonds is 2. The lowest BCUT2D eigenvalue weighted by atomic mass is 9.95. The van der Waals surface area contributed by atoms with Crippen LogP contribution in [0.15, 0.2) is 38.0 Å². The summed E-state index contributed by atoms with van der Waals surface area (Å²) >= 11 is 0. The third-order valence-electron chi connectivity index (χ3n) is 1.05. The van der Waals surface area contributed by atoms with Gasteiger partial charge in [0.25, 0.3) is 0 Å². The quantitative estimate of drug-likeness (QED) is 0.504. The van der Waals surface area contributed by atoms with Gasteiger partial charge in [-0.25, -0.2) is 0 Å². The van der Waals surface area contributed by atoms with Crippen molar-refractivity contribution in [3.05, 3.63) is 38.0 Å². The summed E-state index contributed by atoms with van der Waals surface area (Å²) in [7, 11) is 0. The molecule has 0 nitrogen and oxygen atoms in total. The summed E-state index contributed by atoms with van der Waals surface area (Å²) in [5.74, 6) is 0. The summed E-state index contributed by atoms with van der Waals surface area (Å²) in [6.45, 7) is 24.6. The fourth-order valence-corrected chi connectivity index (χ4v) is 0.0833. The first-order valence-electron chi connectivity index (χ1n) is 5.38. The van der Waals surface area contributed by atoms with E-state index in [9.17, 15) is 0 Å². The normalized spacial score (nSPS) is 7.07. The average molecular weight is 198 g/mol. The van der Waals surface area contributed by atoms with Crippen LogP contribution in [-0.2, 0) is 0 Å². The van der Waals surface area contributed by atoms with E-state index < -0.39 is 0 Å². The van der Waals surface area contributed by atoms with Gasteiger partial charge in [0, 0.05) is 0 Å². The van der Waals surface area contributed by atoms with Gasteiger partial charge in [-0.2, -0.15) is 0 Å². The smallest absolute Gasteiger partial charge is 0.0000946 e. The summed E-state index contributed by atoms with van der Waals surface area (Å²) in [5.41, 5.74) is 0.111. The second-order valence-electron chi connectivity index (χ2n) is 2.64. The van der Waals surface area contributed by atoms with E-state index in [1.54, 1.807) is 6.08 Å². The molecule has 0 radical (unpaired) electrons. The molecule has 0 heterocycles. The molecule has 0 aromatic carbocycles. The van der Waals surface area contributed by atoms with E-state index in [0.29, 0.717) is 0 Å². The highest BCUT2D eigenvalue weighted by Gasteiger charge is 2.03. The molecule has 0 saturated heterocycles. The summed E-state index contributed by atoms with van der Waals surface area (Å²) < 4.78 is 0. The monoisotopic (exact) mass is 198 g/mol. The molecule has 86 valence electrons. The van der Waals surface area contributed by atoms with E-state index in [1.165, 1.54) is 0 Å². The Morgan fingerprint density at radius 1 is 0.786 bits per heavy atom. The van der Waals surface area contributed by atoms with Gasteiger partial charge >= 0.3 is 0 Å². The largest absolute Gasteiger partial charge is 0.103 e. The molecule has 0 bridgehead atoms. The molecule has 0 rings (SSSR count). The van der Waals surface area contributed by atoms with Crippen molar-refractivity contribution in [2.45, 2.75) is 48.5 Å². The highest BCUT2D eigenvalue weighted by molar-refractivity contribution is 4.99. The fraction of sp³-hybridized carbons (Fsp3) is 0.571. The minimum atomic E-state index is 0.111. The first-order valence-corrected chi connectivity index (χ1v) is 5.38. The van der Waals surface area contributed by atoms with Gasteiger partial charge in [0.1, 0.15) is 0 Å². The topological polar surface area (TPSA) is 0 Å². The lowest BCUT2D eigenvalue weighted by molar-refractivity contribution is 0.630. The summed E-state index contributed by atoms with van der Waals surface area (Å²) in [4.78, 5) is 0. The molecular weight excluding hydrogens is 168 g/mol. The molecule has 0 aromatic rings. The molecule has 14 heavy (non-hydrogen) atoms. The number of hydrogen-bond acceptors (Lipinski definition) is 0. The molecule has 0 N–H and O–H groups in total. The van der Waals surface area contributed by atoms with E-state index >= 15 is 0 Å². The van der Waals surface area contributed by atoms with E-state index in [1.807, 2.05) is 46.8 Å². The van der Waals surface area contributed by atoms with E-state index in [2.05, 4.69) is 33.6 Å². The van der Waals surface area contributed by atoms with Crippen molar-refractivity contribution in [1.29, 1.82) is 0 Å². The molecule has 0 saturated carbocycles. The molecule has 0 aliphatic rings. The van der Waals surface area contributed by atoms with E-state index in [4.69, 9.17) is 0 Å². The van der Waals surface area contributed by atoms with Crippen LogP contribution >= 0.6 is 0 Å². The maximum Gasteiger partial charge on any atom is -0.0000946 e. The Hall–Kier alpha value is -0.780. The van der Waals surface area contributed by atoms with E-state index in [0.717, 1.165) is 0 Å². The third-order valence-corrected chi connectivity index (χ3v) is 1.05. The van der Waals surface area contributed by atoms with Crippen LogP contribution in [0.3, 0.4) is 0 Å². The Balaban J connectivity index is -0.0000000603. The van der Waals surface area contributed by atoms with Crippen LogP contribution in [0.4, 0.5) is 0 Å². The molecule has 0 heteroatoms. The zero-order valence-corrected chi connectivity index (χ0v) is 11.4. The van der Waals surface area contributed by atoms with Crippen LogP contribution in [0.2, 0.25) is 0 Å². The Bertz CT molecular complexity index is 97.2. The first kappa shape index (κ1) is 23.2. The predicted octanol–water partition coefficient (Wildman–Crippen LogP) is 5.63. The third kappa shape index (κ3) is 43.0. The molecule has 0 aliphatic heterocycles. The van der Waals surface area contributed by atoms with Crippen LogP contribution in [-0.4, -0.2) is 0 Å². The maximum atomic E-state index is 3.63. The minimum Gasteiger partial charge on any atom is -0.103 e. The first-order chi connectivity index (χ1) is 6.54. The number of hydrogen-bond donors (Lipinski definition) is 0. The summed E-state index contributed by atoms with van der Waals surface area (Å²) in [5, 5.41) is 0. The summed E-state index contributed by atoms with van der Waals surface area (Å²) in [6, 6.07) is 0. The molecule has 0 atom stereocenters. The molecule has 0 spiro atoms. The van der Waals surface area contributed by atoms with Crippen molar-refractivity contribution in [1.82, 2.24) is 0 Å². The molecule has 0 fully saturated rings. The number of allylic oxidation sites excluding steroid dienone is 3. The predicted molar refractivity (Wildman–Crippen MR) is 72.7 cm³/mol. The van der Waals surface area contributed by atoms with Gasteiger partial charge in [-0.3, -0.25) is 0 Å². The van der Waals surface area contributed by atoms with Crippen LogP contribution in [0.1, 0.15) is 48.5 Å². The molecular formula is C14H30. The Morgan fingerprint density at radius 2 is 0.929 bits per heavy atom. The highest BCUT2D eigenvalue weighted by atomic mass is 14.1. The van der Waals surface area contributed by atoms with Gasteiger partial charge in [0.15, 0.2) is 0 Å². The van der Waals surface area contributed by atoms with Crippen LogP contribution in [0.25, 0.3) is 0 Å². The molecule has 0 amide bonds. The maximum absolute atomic E-state index is 3.63. The van der Waals surface area contributed by atoms with Gasteiger partial charge in [0.2, 0.25) is 0 Å². The Labute approximate surface area is 92.4 Å². The second kappa shape index (κ2) is 22.8. The van der Waals surface area contributed by atoms with Crippen molar-refractivity contribution >= 4 is 0 Å². The van der Waals surface area contributed by atoms with Gasteiger partial charge < -0.3 is 0 Å². The minimum absolute atomic E-state index is 0.111. The highest BCUT2D eigenvalue weighted by Crippen LogP contribution is 2.15. The van der Waals surface area contributed by atoms with Crippen molar-refractivity contribution in [3.63, 3.8) is 0 Å². The SMILES string of the molecule is C=CC.C=CC(C)(C)C=C.CC.CC. The second-order valence-corrected chi connectivity index (χ2v) is 2.64. The van der Waals surface area contributed by atoms with Crippen molar-refractivity contribution in [2.24, 2.45) is 5.41 Å². The van der Waals surface area contributed by atoms with Crippen molar-refractivity contribution in [2.75, 3.05) is 0 Å². The lowest BCUT2D eigenvalue weighted by Gasteiger charge is -2.10. The van der Waals surface area contributed by atoms with Gasteiger partial charge in [0.05, 0.1) is 0 Å². The van der Waals surface area contributed by atoms with E-state index in [-0.39, 0.29) is 5.41 Å². The molecule has 0 aromatic heterocycles. The van der Waals surface area contributed by atoms with Crippen LogP contribution in [0, 0.1) is 5.41 Å². The van der Waals surface area contributed by atoms with Gasteiger partial charge in [-0.05, 0) is 12.3 Å². The van der Waals surface area contributed by atoms with Crippen molar-refractivity contribution < 1.29 is 0 Å². The van der Waals surface area contributed by atoms with Crippen LogP contribution in [0.5, 0.6) is 0 Å². The summed E-state index contributed by atoms with van der Waals surface area (Å²) in [6.07, 6.45) is 5.50. The average Bonchev–Trinajstić information content (AvgIpc) is 2.25. The molecule has 0 unspecified atom stereocenters. The Morgan fingerprint density at radius 3 is 0.929 bits per heavy atom. The standard InChI is InChI=1S/C7H12.C3H6.2C2H6/c1-5-7(3,4)6-2;1-3-2;2*1-2/h5-6H,1-2H2,3-4H3;3H,1H2,2H3;2*1-2H3. The van der Waals surface area contributed by atoms with Crippen molar-refractivity contribution in [3.8, 4) is 0 Å². The Kier molecular flexibility index (Phi) is 37.8.